The van der Waals surface area contributed by atoms with Crippen molar-refractivity contribution in [2.45, 2.75) is 20.0 Å². The Labute approximate surface area is 181 Å². The Balaban J connectivity index is 1.67. The van der Waals surface area contributed by atoms with Gasteiger partial charge in [0.2, 0.25) is 0 Å². The van der Waals surface area contributed by atoms with E-state index in [0.29, 0.717) is 18.1 Å². The highest BCUT2D eigenvalue weighted by molar-refractivity contribution is 5.95. The van der Waals surface area contributed by atoms with Crippen LogP contribution in [0.3, 0.4) is 0 Å². The molecule has 0 bridgehead atoms. The lowest BCUT2D eigenvalue weighted by atomic mass is 10.0. The summed E-state index contributed by atoms with van der Waals surface area (Å²) in [6.45, 7) is 1.71. The van der Waals surface area contributed by atoms with Crippen LogP contribution >= 0.6 is 0 Å². The number of para-hydroxylation sites is 1. The zero-order valence-corrected chi connectivity index (χ0v) is 17.5. The van der Waals surface area contributed by atoms with Gasteiger partial charge in [-0.15, -0.1) is 0 Å². The molecule has 158 valence electrons. The van der Waals surface area contributed by atoms with Crippen molar-refractivity contribution >= 4 is 17.8 Å². The number of ketones is 1. The Morgan fingerprint density at radius 3 is 2.29 bits per heavy atom. The van der Waals surface area contributed by atoms with Gasteiger partial charge in [0.05, 0.1) is 7.11 Å². The molecule has 3 rings (SSSR count). The molecule has 3 aromatic rings. The second-order valence-electron chi connectivity index (χ2n) is 6.85. The molecule has 0 aliphatic rings. The van der Waals surface area contributed by atoms with Gasteiger partial charge in [-0.3, -0.25) is 9.59 Å². The number of rotatable bonds is 9. The summed E-state index contributed by atoms with van der Waals surface area (Å²) in [7, 11) is 1.50. The predicted molar refractivity (Wildman–Crippen MR) is 119 cm³/mol. The summed E-state index contributed by atoms with van der Waals surface area (Å²) < 4.78 is 16.2. The van der Waals surface area contributed by atoms with Crippen molar-refractivity contribution in [2.24, 2.45) is 0 Å². The van der Waals surface area contributed by atoms with Crippen molar-refractivity contribution in [1.29, 1.82) is 0 Å². The number of hydrogen-bond donors (Lipinski definition) is 0. The molecule has 0 fully saturated rings. The van der Waals surface area contributed by atoms with Gasteiger partial charge in [0.25, 0.3) is 0 Å². The minimum atomic E-state index is -0.440. The number of esters is 1. The minimum Gasteiger partial charge on any atom is -0.493 e. The largest absolute Gasteiger partial charge is 0.493 e. The van der Waals surface area contributed by atoms with Crippen LogP contribution in [0.15, 0.2) is 78.9 Å². The van der Waals surface area contributed by atoms with Crippen LogP contribution in [0.2, 0.25) is 0 Å². The predicted octanol–water partition coefficient (Wildman–Crippen LogP) is 5.02. The Kier molecular flexibility index (Phi) is 7.60. The standard InChI is InChI=1S/C26H24O5/c1-19(27)31-26-16-20(13-15-25(26)29-2)12-14-23(28)17-21-8-6-7-9-22(21)18-30-24-10-4-3-5-11-24/h3-16H,17-18H2,1-2H3/b14-12+. The molecule has 0 aliphatic carbocycles. The van der Waals surface area contributed by atoms with Crippen LogP contribution in [0.5, 0.6) is 17.2 Å². The van der Waals surface area contributed by atoms with Crippen molar-refractivity contribution in [1.82, 2.24) is 0 Å². The number of benzene rings is 3. The zero-order valence-electron chi connectivity index (χ0n) is 17.5. The second kappa shape index (κ2) is 10.8. The van der Waals surface area contributed by atoms with Gasteiger partial charge in [-0.1, -0.05) is 54.6 Å². The Morgan fingerprint density at radius 2 is 1.58 bits per heavy atom. The summed E-state index contributed by atoms with van der Waals surface area (Å²) >= 11 is 0. The summed E-state index contributed by atoms with van der Waals surface area (Å²) in [5.41, 5.74) is 2.62. The minimum absolute atomic E-state index is 0.0444. The van der Waals surface area contributed by atoms with Crippen molar-refractivity contribution in [3.63, 3.8) is 0 Å². The van der Waals surface area contributed by atoms with Crippen molar-refractivity contribution in [3.8, 4) is 17.2 Å². The molecular formula is C26H24O5. The zero-order chi connectivity index (χ0) is 22.1. The highest BCUT2D eigenvalue weighted by atomic mass is 16.6. The SMILES string of the molecule is COc1ccc(/C=C/C(=O)Cc2ccccc2COc2ccccc2)cc1OC(C)=O. The normalized spacial score (nSPS) is 10.6. The molecule has 5 nitrogen and oxygen atoms in total. The molecule has 0 aromatic heterocycles. The molecule has 0 heterocycles. The van der Waals surface area contributed by atoms with Crippen LogP contribution in [0.25, 0.3) is 6.08 Å². The molecule has 0 aliphatic heterocycles. The van der Waals surface area contributed by atoms with Gasteiger partial charge in [-0.2, -0.15) is 0 Å². The fourth-order valence-electron chi connectivity index (χ4n) is 3.02. The first-order chi connectivity index (χ1) is 15.0. The van der Waals surface area contributed by atoms with E-state index in [1.54, 1.807) is 24.3 Å². The first-order valence-electron chi connectivity index (χ1n) is 9.87. The number of carbonyl (C=O) groups excluding carboxylic acids is 2. The van der Waals surface area contributed by atoms with Crippen molar-refractivity contribution in [3.05, 3.63) is 95.6 Å². The molecular weight excluding hydrogens is 392 g/mol. The van der Waals surface area contributed by atoms with Crippen LogP contribution in [0.4, 0.5) is 0 Å². The smallest absolute Gasteiger partial charge is 0.308 e. The Morgan fingerprint density at radius 1 is 0.871 bits per heavy atom. The average molecular weight is 416 g/mol. The molecule has 0 unspecified atom stereocenters. The maximum absolute atomic E-state index is 12.6. The lowest BCUT2D eigenvalue weighted by Crippen LogP contribution is -2.05. The number of ether oxygens (including phenoxy) is 3. The van der Waals surface area contributed by atoms with Gasteiger partial charge in [0, 0.05) is 13.3 Å². The average Bonchev–Trinajstić information content (AvgIpc) is 2.77. The van der Waals surface area contributed by atoms with Gasteiger partial charge in [0.1, 0.15) is 12.4 Å². The topological polar surface area (TPSA) is 61.8 Å². The summed E-state index contributed by atoms with van der Waals surface area (Å²) in [6, 6.07) is 22.4. The fourth-order valence-corrected chi connectivity index (χ4v) is 3.02. The van der Waals surface area contributed by atoms with E-state index in [9.17, 15) is 9.59 Å². The molecule has 0 saturated carbocycles. The van der Waals surface area contributed by atoms with Gasteiger partial charge in [0.15, 0.2) is 17.3 Å². The number of carbonyl (C=O) groups is 2. The van der Waals surface area contributed by atoms with Crippen LogP contribution in [0.1, 0.15) is 23.6 Å². The summed E-state index contributed by atoms with van der Waals surface area (Å²) in [4.78, 5) is 23.8. The van der Waals surface area contributed by atoms with Crippen molar-refractivity contribution in [2.75, 3.05) is 7.11 Å². The first kappa shape index (κ1) is 21.8. The van der Waals surface area contributed by atoms with E-state index >= 15 is 0 Å². The van der Waals surface area contributed by atoms with E-state index in [0.717, 1.165) is 22.4 Å². The Hall–Kier alpha value is -3.86. The first-order valence-corrected chi connectivity index (χ1v) is 9.87. The van der Waals surface area contributed by atoms with E-state index in [2.05, 4.69) is 0 Å². The molecule has 0 saturated heterocycles. The van der Waals surface area contributed by atoms with Crippen molar-refractivity contribution < 1.29 is 23.8 Å². The van der Waals surface area contributed by atoms with E-state index in [4.69, 9.17) is 14.2 Å². The van der Waals surface area contributed by atoms with Crippen LogP contribution < -0.4 is 14.2 Å². The summed E-state index contributed by atoms with van der Waals surface area (Å²) in [5, 5.41) is 0. The quantitative estimate of drug-likeness (QED) is 0.278. The third-order valence-corrected chi connectivity index (χ3v) is 4.52. The van der Waals surface area contributed by atoms with Crippen LogP contribution in [-0.4, -0.2) is 18.9 Å². The van der Waals surface area contributed by atoms with E-state index in [-0.39, 0.29) is 12.2 Å². The van der Waals surface area contributed by atoms with Crippen LogP contribution in [-0.2, 0) is 22.6 Å². The number of methoxy groups -OCH3 is 1. The monoisotopic (exact) mass is 416 g/mol. The van der Waals surface area contributed by atoms with E-state index in [1.807, 2.05) is 54.6 Å². The molecule has 5 heteroatoms. The molecule has 0 N–H and O–H groups in total. The summed E-state index contributed by atoms with van der Waals surface area (Å²) in [6.07, 6.45) is 3.48. The third kappa shape index (κ3) is 6.57. The third-order valence-electron chi connectivity index (χ3n) is 4.52. The molecule has 31 heavy (non-hydrogen) atoms. The number of hydrogen-bond acceptors (Lipinski definition) is 5. The maximum Gasteiger partial charge on any atom is 0.308 e. The lowest BCUT2D eigenvalue weighted by molar-refractivity contribution is -0.132. The van der Waals surface area contributed by atoms with Gasteiger partial charge in [-0.05, 0) is 47.0 Å². The summed E-state index contributed by atoms with van der Waals surface area (Å²) in [5.74, 6) is 1.06. The molecule has 0 spiro atoms. The molecule has 0 atom stereocenters. The molecule has 0 amide bonds. The van der Waals surface area contributed by atoms with Gasteiger partial charge < -0.3 is 14.2 Å². The molecule has 0 radical (unpaired) electrons. The van der Waals surface area contributed by atoms with Gasteiger partial charge >= 0.3 is 5.97 Å². The lowest BCUT2D eigenvalue weighted by Gasteiger charge is -2.10. The Bertz CT molecular complexity index is 1070. The van der Waals surface area contributed by atoms with E-state index in [1.165, 1.54) is 20.1 Å². The molecule has 3 aromatic carbocycles. The highest BCUT2D eigenvalue weighted by Gasteiger charge is 2.09. The number of allylic oxidation sites excluding steroid dienone is 1. The fraction of sp³-hybridized carbons (Fsp3) is 0.154. The van der Waals surface area contributed by atoms with E-state index < -0.39 is 5.97 Å². The maximum atomic E-state index is 12.6. The highest BCUT2D eigenvalue weighted by Crippen LogP contribution is 2.28. The van der Waals surface area contributed by atoms with Gasteiger partial charge in [-0.25, -0.2) is 0 Å². The second-order valence-corrected chi connectivity index (χ2v) is 6.85. The van der Waals surface area contributed by atoms with Crippen LogP contribution in [0, 0.1) is 0 Å².